The second kappa shape index (κ2) is 9.69. The third-order valence-electron chi connectivity index (χ3n) is 3.69. The number of rotatable bonds is 4. The molecular weight excluding hydrogens is 338 g/mol. The van der Waals surface area contributed by atoms with Gasteiger partial charge in [-0.15, -0.1) is 6.58 Å². The maximum atomic E-state index is 11.2. The molecule has 3 N–H and O–H groups in total. The number of carbonyl (C=O) groups excluding carboxylic acids is 1. The minimum Gasteiger partial charge on any atom is -0.411 e. The number of nitrogens with zero attached hydrogens (tertiary/aromatic N) is 2. The highest BCUT2D eigenvalue weighted by atomic mass is 35.5. The van der Waals surface area contributed by atoms with Crippen molar-refractivity contribution in [3.63, 3.8) is 0 Å². The van der Waals surface area contributed by atoms with E-state index >= 15 is 0 Å². The van der Waals surface area contributed by atoms with Crippen LogP contribution in [-0.4, -0.2) is 16.8 Å². The summed E-state index contributed by atoms with van der Waals surface area (Å²) in [5.74, 6) is -0.518. The summed E-state index contributed by atoms with van der Waals surface area (Å²) in [6.07, 6.45) is 7.45. The molecule has 0 saturated carbocycles. The monoisotopic (exact) mass is 361 g/mol. The van der Waals surface area contributed by atoms with E-state index in [2.05, 4.69) is 18.7 Å². The van der Waals surface area contributed by atoms with Crippen molar-refractivity contribution in [1.29, 1.82) is 0 Å². The molecule has 0 spiro atoms. The molecule has 1 aliphatic heterocycles. The molecule has 1 heterocycles. The molecule has 1 amide bonds. The summed E-state index contributed by atoms with van der Waals surface area (Å²) in [5.41, 5.74) is 8.83. The van der Waals surface area contributed by atoms with E-state index in [9.17, 15) is 4.79 Å². The molecule has 1 aromatic carbocycles. The number of carbonyl (C=O) groups is 1. The predicted octanol–water partition coefficient (Wildman–Crippen LogP) is 4.87. The summed E-state index contributed by atoms with van der Waals surface area (Å²) in [5, 5.41) is 12.6. The van der Waals surface area contributed by atoms with Crippen LogP contribution in [0.15, 0.2) is 59.6 Å². The normalized spacial score (nSPS) is 15.5. The number of anilines is 1. The lowest BCUT2D eigenvalue weighted by atomic mass is 10.1. The van der Waals surface area contributed by atoms with Gasteiger partial charge in [0.05, 0.1) is 16.4 Å². The van der Waals surface area contributed by atoms with Crippen LogP contribution in [-0.2, 0) is 0 Å². The standard InChI is InChI=1S/C15H16ClN3O2.C4H8/c1-3-12-6-11(9(2)18-21)8-19(12)14-5-4-10(15(17)20)7-13(14)16;1-3-4-2/h3-5,7-8,21H,6H2,1-2H3,(H2,17,20);3H,1,4H2,2H3/b12-3+,18-9+;. The Morgan fingerprint density at radius 1 is 1.52 bits per heavy atom. The Hall–Kier alpha value is -2.53. The molecule has 0 saturated heterocycles. The second-order valence-corrected chi connectivity index (χ2v) is 5.80. The van der Waals surface area contributed by atoms with Gasteiger partial charge in [0.1, 0.15) is 0 Å². The van der Waals surface area contributed by atoms with E-state index < -0.39 is 5.91 Å². The zero-order valence-corrected chi connectivity index (χ0v) is 15.5. The van der Waals surface area contributed by atoms with Crippen LogP contribution in [0.4, 0.5) is 5.69 Å². The van der Waals surface area contributed by atoms with Crippen LogP contribution in [0.3, 0.4) is 0 Å². The fourth-order valence-corrected chi connectivity index (χ4v) is 2.44. The molecule has 0 radical (unpaired) electrons. The molecular formula is C19H24ClN3O2. The van der Waals surface area contributed by atoms with Crippen LogP contribution in [0.5, 0.6) is 0 Å². The van der Waals surface area contributed by atoms with Crippen LogP contribution in [0.2, 0.25) is 5.02 Å². The van der Waals surface area contributed by atoms with Crippen molar-refractivity contribution in [1.82, 2.24) is 0 Å². The van der Waals surface area contributed by atoms with Gasteiger partial charge in [0.15, 0.2) is 0 Å². The smallest absolute Gasteiger partial charge is 0.248 e. The number of allylic oxidation sites excluding steroid dienone is 3. The Labute approximate surface area is 153 Å². The van der Waals surface area contributed by atoms with Gasteiger partial charge in [0.2, 0.25) is 5.91 Å². The van der Waals surface area contributed by atoms with Gasteiger partial charge in [-0.05, 0) is 44.0 Å². The highest BCUT2D eigenvalue weighted by Gasteiger charge is 2.23. The fourth-order valence-electron chi connectivity index (χ4n) is 2.17. The number of nitrogens with two attached hydrogens (primary N) is 1. The largest absolute Gasteiger partial charge is 0.411 e. The Bertz CT molecular complexity index is 736. The SMILES string of the molecule is C/C=C1\CC(/C(C)=N/O)=CN1c1ccc(C(N)=O)cc1Cl.C=CCC. The quantitative estimate of drug-likeness (QED) is 0.347. The molecule has 0 aliphatic carbocycles. The van der Waals surface area contributed by atoms with E-state index in [1.165, 1.54) is 0 Å². The lowest BCUT2D eigenvalue weighted by molar-refractivity contribution is 0.100. The van der Waals surface area contributed by atoms with Gasteiger partial charge < -0.3 is 15.8 Å². The third-order valence-corrected chi connectivity index (χ3v) is 4.00. The Morgan fingerprint density at radius 3 is 2.60 bits per heavy atom. The Morgan fingerprint density at radius 2 is 2.16 bits per heavy atom. The zero-order valence-electron chi connectivity index (χ0n) is 14.8. The van der Waals surface area contributed by atoms with E-state index in [1.54, 1.807) is 25.1 Å². The van der Waals surface area contributed by atoms with Gasteiger partial charge in [-0.25, -0.2) is 0 Å². The minimum absolute atomic E-state index is 0.363. The van der Waals surface area contributed by atoms with Crippen molar-refractivity contribution in [2.45, 2.75) is 33.6 Å². The van der Waals surface area contributed by atoms with Crippen molar-refractivity contribution in [3.05, 3.63) is 65.0 Å². The number of halogens is 1. The number of hydrogen-bond acceptors (Lipinski definition) is 4. The molecule has 5 nitrogen and oxygen atoms in total. The average molecular weight is 362 g/mol. The molecule has 2 rings (SSSR count). The van der Waals surface area contributed by atoms with E-state index in [0.717, 1.165) is 23.4 Å². The number of hydrogen-bond donors (Lipinski definition) is 2. The summed E-state index contributed by atoms with van der Waals surface area (Å²) in [6, 6.07) is 4.93. The molecule has 0 atom stereocenters. The van der Waals surface area contributed by atoms with Crippen molar-refractivity contribution in [2.75, 3.05) is 4.90 Å². The summed E-state index contributed by atoms with van der Waals surface area (Å²) >= 11 is 6.25. The first-order valence-electron chi connectivity index (χ1n) is 7.93. The first-order valence-corrected chi connectivity index (χ1v) is 8.31. The van der Waals surface area contributed by atoms with E-state index in [-0.39, 0.29) is 0 Å². The van der Waals surface area contributed by atoms with Gasteiger partial charge in [-0.3, -0.25) is 4.79 Å². The van der Waals surface area contributed by atoms with E-state index in [0.29, 0.717) is 22.7 Å². The van der Waals surface area contributed by atoms with E-state index in [1.807, 2.05) is 30.2 Å². The van der Waals surface area contributed by atoms with Gasteiger partial charge in [-0.1, -0.05) is 35.8 Å². The van der Waals surface area contributed by atoms with Gasteiger partial charge in [-0.2, -0.15) is 0 Å². The summed E-state index contributed by atoms with van der Waals surface area (Å²) in [6.45, 7) is 9.20. The molecule has 1 aromatic rings. The lowest BCUT2D eigenvalue weighted by Crippen LogP contribution is -2.13. The molecule has 0 fully saturated rings. The first kappa shape index (κ1) is 20.5. The topological polar surface area (TPSA) is 78.9 Å². The molecule has 134 valence electrons. The predicted molar refractivity (Wildman–Crippen MR) is 104 cm³/mol. The second-order valence-electron chi connectivity index (χ2n) is 5.39. The van der Waals surface area contributed by atoms with Crippen molar-refractivity contribution >= 4 is 28.9 Å². The van der Waals surface area contributed by atoms with Crippen molar-refractivity contribution in [2.24, 2.45) is 10.9 Å². The number of benzene rings is 1. The maximum Gasteiger partial charge on any atom is 0.248 e. The maximum absolute atomic E-state index is 11.2. The van der Waals surface area contributed by atoms with Crippen molar-refractivity contribution in [3.8, 4) is 0 Å². The van der Waals surface area contributed by atoms with Gasteiger partial charge in [0.25, 0.3) is 0 Å². The third kappa shape index (κ3) is 5.22. The summed E-state index contributed by atoms with van der Waals surface area (Å²) in [7, 11) is 0. The average Bonchev–Trinajstić information content (AvgIpc) is 3.05. The first-order chi connectivity index (χ1) is 11.9. The highest BCUT2D eigenvalue weighted by molar-refractivity contribution is 6.33. The Kier molecular flexibility index (Phi) is 7.95. The van der Waals surface area contributed by atoms with Crippen LogP contribution < -0.4 is 10.6 Å². The van der Waals surface area contributed by atoms with Gasteiger partial charge >= 0.3 is 0 Å². The fraction of sp³-hybridized carbons (Fsp3) is 0.263. The van der Waals surface area contributed by atoms with Gasteiger partial charge in [0, 0.05) is 23.9 Å². The van der Waals surface area contributed by atoms with Crippen LogP contribution in [0, 0.1) is 0 Å². The molecule has 6 heteroatoms. The van der Waals surface area contributed by atoms with E-state index in [4.69, 9.17) is 22.5 Å². The van der Waals surface area contributed by atoms with Crippen LogP contribution in [0.25, 0.3) is 0 Å². The summed E-state index contributed by atoms with van der Waals surface area (Å²) < 4.78 is 0. The highest BCUT2D eigenvalue weighted by Crippen LogP contribution is 2.36. The van der Waals surface area contributed by atoms with Crippen LogP contribution >= 0.6 is 11.6 Å². The molecule has 25 heavy (non-hydrogen) atoms. The zero-order chi connectivity index (χ0) is 19.0. The van der Waals surface area contributed by atoms with Crippen molar-refractivity contribution < 1.29 is 10.0 Å². The number of primary amides is 1. The molecule has 0 aromatic heterocycles. The number of oxime groups is 1. The molecule has 0 unspecified atom stereocenters. The molecule has 1 aliphatic rings. The number of amides is 1. The minimum atomic E-state index is -0.518. The summed E-state index contributed by atoms with van der Waals surface area (Å²) in [4.78, 5) is 13.1. The lowest BCUT2D eigenvalue weighted by Gasteiger charge is -2.20. The Balaban J connectivity index is 0.000000705. The van der Waals surface area contributed by atoms with Crippen LogP contribution in [0.1, 0.15) is 44.0 Å². The molecule has 0 bridgehead atoms.